The lowest BCUT2D eigenvalue weighted by molar-refractivity contribution is -0.194. The van der Waals surface area contributed by atoms with E-state index in [9.17, 15) is 35.4 Å². The maximum atomic E-state index is 13.1. The molecule has 402 valence electrons. The first-order chi connectivity index (χ1) is 34.8. The Morgan fingerprint density at radius 1 is 1.06 bits per heavy atom. The van der Waals surface area contributed by atoms with Gasteiger partial charge in [-0.15, -0.1) is 0 Å². The van der Waals surface area contributed by atoms with Crippen molar-refractivity contribution in [2.75, 3.05) is 80.5 Å². The third-order valence-electron chi connectivity index (χ3n) is 18.1. The highest BCUT2D eigenvalue weighted by Gasteiger charge is 2.68. The number of allylic oxidation sites excluding steroid dienone is 9. The van der Waals surface area contributed by atoms with Gasteiger partial charge < -0.3 is 56.1 Å². The first-order valence-corrected chi connectivity index (χ1v) is 27.4. The minimum atomic E-state index is -1.28. The summed E-state index contributed by atoms with van der Waals surface area (Å²) in [5, 5.41) is 76.9. The fourth-order valence-electron chi connectivity index (χ4n) is 14.5. The smallest absolute Gasteiger partial charge is 0.145 e. The minimum Gasteiger partial charge on any atom is -0.396 e. The van der Waals surface area contributed by atoms with Crippen molar-refractivity contribution in [3.05, 3.63) is 106 Å². The van der Waals surface area contributed by atoms with E-state index in [4.69, 9.17) is 9.47 Å². The normalized spacial score (nSPS) is 35.1. The molecular formula is C60H93N3O9. The van der Waals surface area contributed by atoms with Crippen LogP contribution >= 0.6 is 0 Å². The second-order valence-corrected chi connectivity index (χ2v) is 22.6. The molecule has 12 heteroatoms. The predicted octanol–water partition coefficient (Wildman–Crippen LogP) is 6.35. The van der Waals surface area contributed by atoms with Gasteiger partial charge in [0.05, 0.1) is 31.5 Å². The van der Waals surface area contributed by atoms with Crippen LogP contribution in [-0.4, -0.2) is 141 Å². The molecule has 72 heavy (non-hydrogen) atoms. The summed E-state index contributed by atoms with van der Waals surface area (Å²) < 4.78 is 11.9. The Bertz CT molecular complexity index is 2070. The van der Waals surface area contributed by atoms with Crippen LogP contribution in [0.1, 0.15) is 102 Å². The number of fused-ring (bicyclic) bond motifs is 5. The number of carbonyl (C=O) groups is 1. The summed E-state index contributed by atoms with van der Waals surface area (Å²) >= 11 is 0. The number of rotatable bonds is 24. The molecule has 0 saturated heterocycles. The van der Waals surface area contributed by atoms with Crippen molar-refractivity contribution in [1.82, 2.24) is 16.0 Å². The molecule has 0 unspecified atom stereocenters. The van der Waals surface area contributed by atoms with Crippen molar-refractivity contribution < 1.29 is 44.9 Å². The van der Waals surface area contributed by atoms with Gasteiger partial charge in [0.25, 0.3) is 0 Å². The molecule has 1 spiro atoms. The summed E-state index contributed by atoms with van der Waals surface area (Å²) in [4.78, 5) is 12.5. The van der Waals surface area contributed by atoms with Crippen molar-refractivity contribution in [1.29, 1.82) is 0 Å². The molecule has 0 aromatic heterocycles. The van der Waals surface area contributed by atoms with E-state index >= 15 is 0 Å². The third kappa shape index (κ3) is 13.5. The van der Waals surface area contributed by atoms with E-state index < -0.39 is 35.7 Å². The standard InChI is InChI=1S/C60H93N3O9/c1-41-15-17-48(32-45-11-8-12-46(30-45)33-58(63-35-41,25-29-71-6)54-20-16-44(13-9-27-64)31-51(54)36-62-5)42(2)10-7-14-50(39-72-40-52(68)38-67)53-21-23-60(57(53)69)56-47(22-28-65)18-19-49(55(56)43(3)37-66)34-59(60,70)24-26-61-4/h7-8,10-12,14-15,18-19,30,37,44,47-49,51-54,56-57,61-65,67-70H,2,9,13,16-17,20-29,31-36,38-40H2,1,3-6H3/b10-7+,41-15+,50-14-,55-43?/t44-,47+,48-,49+,51-,52-,53+,54-,56+,57-,58-,59-,60-/m1/s1. The Balaban J connectivity index is 1.30. The van der Waals surface area contributed by atoms with Crippen molar-refractivity contribution in [3.63, 3.8) is 0 Å². The van der Waals surface area contributed by atoms with Gasteiger partial charge >= 0.3 is 0 Å². The lowest BCUT2D eigenvalue weighted by atomic mass is 9.45. The summed E-state index contributed by atoms with van der Waals surface area (Å²) in [5.41, 5.74) is 4.79. The Morgan fingerprint density at radius 3 is 2.58 bits per heavy atom. The van der Waals surface area contributed by atoms with Crippen molar-refractivity contribution >= 4 is 6.29 Å². The molecule has 1 aromatic carbocycles. The van der Waals surface area contributed by atoms with Crippen LogP contribution in [0.3, 0.4) is 0 Å². The monoisotopic (exact) mass is 1000 g/mol. The first-order valence-electron chi connectivity index (χ1n) is 27.4. The summed E-state index contributed by atoms with van der Waals surface area (Å²) in [6.07, 6.45) is 22.7. The van der Waals surface area contributed by atoms with Crippen LogP contribution in [0.25, 0.3) is 0 Å². The molecule has 0 amide bonds. The summed E-state index contributed by atoms with van der Waals surface area (Å²) in [6, 6.07) is 9.12. The van der Waals surface area contributed by atoms with Gasteiger partial charge in [-0.25, -0.2) is 0 Å². The molecule has 6 rings (SSSR count). The predicted molar refractivity (Wildman–Crippen MR) is 287 cm³/mol. The number of aliphatic hydroxyl groups excluding tert-OH is 5. The van der Waals surface area contributed by atoms with E-state index in [-0.39, 0.29) is 55.6 Å². The minimum absolute atomic E-state index is 0.0601. The average Bonchev–Trinajstić information content (AvgIpc) is 3.73. The van der Waals surface area contributed by atoms with Gasteiger partial charge in [-0.2, -0.15) is 0 Å². The summed E-state index contributed by atoms with van der Waals surface area (Å²) in [6.45, 7) is 11.5. The van der Waals surface area contributed by atoms with Gasteiger partial charge in [0, 0.05) is 56.3 Å². The Hall–Kier alpha value is -3.11. The number of aldehydes is 1. The zero-order valence-corrected chi connectivity index (χ0v) is 44.5. The zero-order valence-electron chi connectivity index (χ0n) is 44.5. The number of ether oxygens (including phenoxy) is 2. The van der Waals surface area contributed by atoms with Crippen molar-refractivity contribution in [2.24, 2.45) is 52.8 Å². The molecule has 1 heterocycles. The quantitative estimate of drug-likeness (QED) is 0.0242. The number of methoxy groups -OCH3 is 1. The van der Waals surface area contributed by atoms with Gasteiger partial charge in [0.1, 0.15) is 12.4 Å². The molecular weight excluding hydrogens is 907 g/mol. The van der Waals surface area contributed by atoms with Gasteiger partial charge in [0.2, 0.25) is 0 Å². The molecule has 1 aliphatic heterocycles. The number of aliphatic hydroxyl groups is 6. The Labute approximate surface area is 432 Å². The number of benzene rings is 1. The fourth-order valence-corrected chi connectivity index (χ4v) is 14.5. The third-order valence-corrected chi connectivity index (χ3v) is 18.1. The van der Waals surface area contributed by atoms with Gasteiger partial charge in [-0.3, -0.25) is 4.79 Å². The molecule has 4 bridgehead atoms. The molecule has 3 saturated carbocycles. The van der Waals surface area contributed by atoms with Crippen molar-refractivity contribution in [2.45, 2.75) is 127 Å². The van der Waals surface area contributed by atoms with Crippen LogP contribution in [0.4, 0.5) is 0 Å². The fraction of sp³-hybridized carbons (Fsp3) is 0.683. The zero-order chi connectivity index (χ0) is 51.9. The number of carbonyl (C=O) groups excluding carboxylic acids is 1. The highest BCUT2D eigenvalue weighted by atomic mass is 16.5. The highest BCUT2D eigenvalue weighted by Crippen LogP contribution is 2.67. The lowest BCUT2D eigenvalue weighted by Gasteiger charge is -2.61. The molecule has 13 atom stereocenters. The largest absolute Gasteiger partial charge is 0.396 e. The molecule has 5 aliphatic rings. The van der Waals surface area contributed by atoms with E-state index in [1.54, 1.807) is 0 Å². The van der Waals surface area contributed by atoms with Crippen LogP contribution in [0, 0.1) is 52.8 Å². The van der Waals surface area contributed by atoms with Gasteiger partial charge in [-0.1, -0.05) is 90.4 Å². The SMILES string of the molecule is C=C(/C=C/C=C(/COC[C@H](O)CO)[C@@H]1CC[C@]2([C@@H]1O)[C@@H]1C(=C(C)C=O)[C@@H](C=C[C@H]1CCO)C[C@]2(O)CCNC)[C@@H]1C/C=C(\C)CN[C@@](CCOC)([C@@H]2CC[C@@H](CCCO)C[C@@H]2CNC)Cc2cccc(c2)C1. The van der Waals surface area contributed by atoms with E-state index in [1.807, 2.05) is 33.2 Å². The second kappa shape index (κ2) is 27.6. The van der Waals surface area contributed by atoms with E-state index in [2.05, 4.69) is 85.1 Å². The summed E-state index contributed by atoms with van der Waals surface area (Å²) in [7, 11) is 5.74. The number of hydrogen-bond acceptors (Lipinski definition) is 12. The molecule has 12 nitrogen and oxygen atoms in total. The Kier molecular flexibility index (Phi) is 22.3. The van der Waals surface area contributed by atoms with Crippen LogP contribution < -0.4 is 16.0 Å². The molecule has 4 aliphatic carbocycles. The van der Waals surface area contributed by atoms with Crippen LogP contribution in [-0.2, 0) is 27.1 Å². The van der Waals surface area contributed by atoms with Gasteiger partial charge in [0.15, 0.2) is 0 Å². The first kappa shape index (κ1) is 58.2. The lowest BCUT2D eigenvalue weighted by Crippen LogP contribution is -2.65. The molecule has 3 fully saturated rings. The topological polar surface area (TPSA) is 193 Å². The maximum absolute atomic E-state index is 13.1. The molecule has 1 aromatic rings. The highest BCUT2D eigenvalue weighted by molar-refractivity contribution is 5.74. The maximum Gasteiger partial charge on any atom is 0.145 e. The van der Waals surface area contributed by atoms with E-state index in [1.165, 1.54) is 23.1 Å². The van der Waals surface area contributed by atoms with Gasteiger partial charge in [-0.05, 0) is 182 Å². The van der Waals surface area contributed by atoms with E-state index in [0.717, 1.165) is 87.5 Å². The second-order valence-electron chi connectivity index (χ2n) is 22.6. The number of nitrogens with one attached hydrogen (secondary N) is 3. The average molecular weight is 1000 g/mol. The molecule has 0 radical (unpaired) electrons. The van der Waals surface area contributed by atoms with Crippen molar-refractivity contribution in [3.8, 4) is 0 Å². The summed E-state index contributed by atoms with van der Waals surface area (Å²) in [5.74, 6) is 0.588. The molecule has 9 N–H and O–H groups in total. The van der Waals surface area contributed by atoms with Crippen LogP contribution in [0.5, 0.6) is 0 Å². The van der Waals surface area contributed by atoms with Crippen LogP contribution in [0.2, 0.25) is 0 Å². The van der Waals surface area contributed by atoms with Crippen LogP contribution in [0.15, 0.2) is 95.2 Å². The van der Waals surface area contributed by atoms with E-state index in [0.29, 0.717) is 68.6 Å². The Morgan fingerprint density at radius 2 is 1.86 bits per heavy atom. The number of hydrogen-bond donors (Lipinski definition) is 9.